The van der Waals surface area contributed by atoms with E-state index in [0.29, 0.717) is 12.2 Å². The van der Waals surface area contributed by atoms with E-state index in [0.717, 1.165) is 0 Å². The summed E-state index contributed by atoms with van der Waals surface area (Å²) in [6, 6.07) is 8.66. The maximum absolute atomic E-state index is 12.7. The van der Waals surface area contributed by atoms with E-state index >= 15 is 0 Å². The zero-order valence-electron chi connectivity index (χ0n) is 15.4. The van der Waals surface area contributed by atoms with E-state index in [-0.39, 0.29) is 12.0 Å². The highest BCUT2D eigenvalue weighted by molar-refractivity contribution is 5.94. The molecular weight excluding hydrogens is 338 g/mol. The van der Waals surface area contributed by atoms with E-state index in [4.69, 9.17) is 23.7 Å². The van der Waals surface area contributed by atoms with Crippen molar-refractivity contribution in [3.8, 4) is 0 Å². The molecule has 0 aliphatic carbocycles. The predicted octanol–water partition coefficient (Wildman–Crippen LogP) is 1.81. The Bertz CT molecular complexity index is 676. The molecule has 0 aromatic heterocycles. The molecule has 3 saturated heterocycles. The topological polar surface area (TPSA) is 75.3 Å². The molecule has 3 heterocycles. The second-order valence-electron chi connectivity index (χ2n) is 7.80. The van der Waals surface area contributed by atoms with Crippen LogP contribution in [0, 0.1) is 0 Å². The van der Waals surface area contributed by atoms with Gasteiger partial charge in [0.15, 0.2) is 17.9 Å². The summed E-state index contributed by atoms with van der Waals surface area (Å²) in [5, 5.41) is 3.05. The Labute approximate surface area is 152 Å². The van der Waals surface area contributed by atoms with Gasteiger partial charge in [-0.15, -0.1) is 0 Å². The molecule has 1 aromatic carbocycles. The summed E-state index contributed by atoms with van der Waals surface area (Å²) in [5.74, 6) is -1.63. The van der Waals surface area contributed by atoms with Crippen LogP contribution >= 0.6 is 0 Å². The van der Waals surface area contributed by atoms with Gasteiger partial charge in [-0.05, 0) is 39.8 Å². The van der Waals surface area contributed by atoms with E-state index < -0.39 is 36.1 Å². The molecule has 4 rings (SSSR count). The van der Waals surface area contributed by atoms with Crippen LogP contribution in [0.1, 0.15) is 38.1 Å². The number of fused-ring (bicyclic) bond motifs is 1. The van der Waals surface area contributed by atoms with Gasteiger partial charge in [-0.3, -0.25) is 4.79 Å². The number of hydrogen-bond donors (Lipinski definition) is 1. The Morgan fingerprint density at radius 2 is 1.73 bits per heavy atom. The molecule has 1 amide bonds. The normalized spacial score (nSPS) is 37.5. The smallest absolute Gasteiger partial charge is 0.251 e. The Hall–Kier alpha value is -1.51. The van der Waals surface area contributed by atoms with Crippen LogP contribution in [0.5, 0.6) is 0 Å². The molecule has 7 nitrogen and oxygen atoms in total. The second-order valence-corrected chi connectivity index (χ2v) is 7.80. The molecule has 3 fully saturated rings. The molecule has 1 aromatic rings. The number of ether oxygens (including phenoxy) is 5. The van der Waals surface area contributed by atoms with Gasteiger partial charge >= 0.3 is 0 Å². The Morgan fingerprint density at radius 3 is 2.38 bits per heavy atom. The minimum absolute atomic E-state index is 0.184. The first kappa shape index (κ1) is 17.9. The minimum atomic E-state index is -0.762. The molecule has 0 radical (unpaired) electrons. The third-order valence-corrected chi connectivity index (χ3v) is 4.82. The molecule has 142 valence electrons. The fourth-order valence-corrected chi connectivity index (χ4v) is 3.72. The van der Waals surface area contributed by atoms with Crippen molar-refractivity contribution in [3.63, 3.8) is 0 Å². The van der Waals surface area contributed by atoms with Crippen molar-refractivity contribution in [3.05, 3.63) is 35.9 Å². The lowest BCUT2D eigenvalue weighted by atomic mass is 10.0. The number of carbonyl (C=O) groups excluding carboxylic acids is 1. The van der Waals surface area contributed by atoms with Crippen LogP contribution in [-0.4, -0.2) is 54.7 Å². The molecule has 0 bridgehead atoms. The van der Waals surface area contributed by atoms with Crippen LogP contribution < -0.4 is 5.32 Å². The highest BCUT2D eigenvalue weighted by Crippen LogP contribution is 2.40. The summed E-state index contributed by atoms with van der Waals surface area (Å²) in [6.07, 6.45) is -1.69. The standard InChI is InChI=1S/C19H25NO6/c1-18(2)22-10-12(24-18)14-13(15-17(23-14)26-19(3,4)25-15)20-16(21)11-8-6-5-7-9-11/h5-9,12-15,17H,10H2,1-4H3,(H,20,21)/t12-,13-,14-,15-,17-/m1/s1. The molecule has 0 spiro atoms. The Kier molecular flexibility index (Phi) is 4.32. The van der Waals surface area contributed by atoms with E-state index in [2.05, 4.69) is 5.32 Å². The summed E-state index contributed by atoms with van der Waals surface area (Å²) in [5.41, 5.74) is 0.580. The first-order chi connectivity index (χ1) is 12.2. The summed E-state index contributed by atoms with van der Waals surface area (Å²) >= 11 is 0. The molecule has 3 aliphatic rings. The lowest BCUT2D eigenvalue weighted by molar-refractivity contribution is -0.223. The molecule has 1 N–H and O–H groups in total. The summed E-state index contributed by atoms with van der Waals surface area (Å²) < 4.78 is 29.6. The molecule has 3 aliphatic heterocycles. The minimum Gasteiger partial charge on any atom is -0.348 e. The van der Waals surface area contributed by atoms with Gasteiger partial charge in [-0.2, -0.15) is 0 Å². The Morgan fingerprint density at radius 1 is 1.00 bits per heavy atom. The van der Waals surface area contributed by atoms with E-state index in [1.165, 1.54) is 0 Å². The van der Waals surface area contributed by atoms with Gasteiger partial charge in [0.25, 0.3) is 5.91 Å². The van der Waals surface area contributed by atoms with Crippen molar-refractivity contribution < 1.29 is 28.5 Å². The maximum Gasteiger partial charge on any atom is 0.251 e. The first-order valence-electron chi connectivity index (χ1n) is 8.93. The zero-order valence-corrected chi connectivity index (χ0v) is 15.4. The average Bonchev–Trinajstić information content (AvgIpc) is 3.18. The number of hydrogen-bond acceptors (Lipinski definition) is 6. The van der Waals surface area contributed by atoms with Crippen LogP contribution in [0.4, 0.5) is 0 Å². The zero-order chi connectivity index (χ0) is 18.5. The van der Waals surface area contributed by atoms with Crippen LogP contribution in [-0.2, 0) is 23.7 Å². The monoisotopic (exact) mass is 363 g/mol. The lowest BCUT2D eigenvalue weighted by Gasteiger charge is -2.29. The maximum atomic E-state index is 12.7. The van der Waals surface area contributed by atoms with Gasteiger partial charge < -0.3 is 29.0 Å². The van der Waals surface area contributed by atoms with E-state index in [1.54, 1.807) is 12.1 Å². The van der Waals surface area contributed by atoms with Crippen molar-refractivity contribution in [2.45, 2.75) is 69.9 Å². The largest absolute Gasteiger partial charge is 0.348 e. The summed E-state index contributed by atoms with van der Waals surface area (Å²) in [4.78, 5) is 12.7. The van der Waals surface area contributed by atoms with Crippen LogP contribution in [0.3, 0.4) is 0 Å². The number of benzene rings is 1. The van der Waals surface area contributed by atoms with Gasteiger partial charge in [-0.25, -0.2) is 0 Å². The molecule has 5 atom stereocenters. The Balaban J connectivity index is 1.55. The number of rotatable bonds is 3. The summed E-state index contributed by atoms with van der Waals surface area (Å²) in [7, 11) is 0. The van der Waals surface area contributed by atoms with E-state index in [9.17, 15) is 4.79 Å². The van der Waals surface area contributed by atoms with Gasteiger partial charge in [0.1, 0.15) is 18.3 Å². The fraction of sp³-hybridized carbons (Fsp3) is 0.632. The molecule has 7 heteroatoms. The first-order valence-corrected chi connectivity index (χ1v) is 8.93. The number of carbonyl (C=O) groups is 1. The van der Waals surface area contributed by atoms with E-state index in [1.807, 2.05) is 45.9 Å². The second kappa shape index (κ2) is 6.28. The lowest BCUT2D eigenvalue weighted by Crippen LogP contribution is -2.52. The number of nitrogens with one attached hydrogen (secondary N) is 1. The van der Waals surface area contributed by atoms with Gasteiger partial charge in [0, 0.05) is 5.56 Å². The van der Waals surface area contributed by atoms with Crippen molar-refractivity contribution in [1.82, 2.24) is 5.32 Å². The van der Waals surface area contributed by atoms with Crippen molar-refractivity contribution in [2.24, 2.45) is 0 Å². The average molecular weight is 363 g/mol. The third kappa shape index (κ3) is 3.37. The molecule has 26 heavy (non-hydrogen) atoms. The van der Waals surface area contributed by atoms with Gasteiger partial charge in [0.2, 0.25) is 0 Å². The summed E-state index contributed by atoms with van der Waals surface area (Å²) in [6.45, 7) is 7.77. The fourth-order valence-electron chi connectivity index (χ4n) is 3.72. The van der Waals surface area contributed by atoms with Crippen LogP contribution in [0.15, 0.2) is 30.3 Å². The molecular formula is C19H25NO6. The predicted molar refractivity (Wildman–Crippen MR) is 91.3 cm³/mol. The van der Waals surface area contributed by atoms with Crippen molar-refractivity contribution in [1.29, 1.82) is 0 Å². The highest BCUT2D eigenvalue weighted by Gasteiger charge is 2.58. The molecule has 0 unspecified atom stereocenters. The third-order valence-electron chi connectivity index (χ3n) is 4.82. The molecule has 0 saturated carbocycles. The quantitative estimate of drug-likeness (QED) is 0.883. The number of amides is 1. The van der Waals surface area contributed by atoms with Crippen molar-refractivity contribution in [2.75, 3.05) is 6.61 Å². The SMILES string of the molecule is CC1(C)O[C@H]2O[C@H]([C@H]3COC(C)(C)O3)[C@@H](NC(=O)c3ccccc3)[C@H]2O1. The van der Waals surface area contributed by atoms with Gasteiger partial charge in [0.05, 0.1) is 12.6 Å². The van der Waals surface area contributed by atoms with Gasteiger partial charge in [-0.1, -0.05) is 18.2 Å². The van der Waals surface area contributed by atoms with Crippen LogP contribution in [0.2, 0.25) is 0 Å². The van der Waals surface area contributed by atoms with Crippen LogP contribution in [0.25, 0.3) is 0 Å². The van der Waals surface area contributed by atoms with Crippen molar-refractivity contribution >= 4 is 5.91 Å². The highest BCUT2D eigenvalue weighted by atomic mass is 16.8.